The summed E-state index contributed by atoms with van der Waals surface area (Å²) in [6.07, 6.45) is -0.298. The van der Waals surface area contributed by atoms with E-state index in [2.05, 4.69) is 10.0 Å². The molecule has 0 aliphatic carbocycles. The molecule has 0 heterocycles. The Morgan fingerprint density at radius 2 is 1.76 bits per heavy atom. The van der Waals surface area contributed by atoms with Crippen LogP contribution in [-0.2, 0) is 14.8 Å². The average molecular weight is 382 g/mol. The monoisotopic (exact) mass is 382 g/mol. The summed E-state index contributed by atoms with van der Waals surface area (Å²) in [6, 6.07) is -0.197. The molecule has 1 unspecified atom stereocenters. The first kappa shape index (κ1) is 21.2. The van der Waals surface area contributed by atoms with Crippen molar-refractivity contribution in [2.75, 3.05) is 13.2 Å². The molecule has 6 nitrogen and oxygen atoms in total. The quantitative estimate of drug-likeness (QED) is 0.677. The van der Waals surface area contributed by atoms with Gasteiger partial charge in [-0.15, -0.1) is 0 Å². The normalized spacial score (nSPS) is 12.9. The van der Waals surface area contributed by atoms with Crippen LogP contribution >= 0.6 is 0 Å². The highest BCUT2D eigenvalue weighted by atomic mass is 32.2. The van der Waals surface area contributed by atoms with Gasteiger partial charge >= 0.3 is 6.09 Å². The fourth-order valence-electron chi connectivity index (χ4n) is 2.10. The molecule has 0 spiro atoms. The average Bonchev–Trinajstić information content (AvgIpc) is 2.48. The van der Waals surface area contributed by atoms with E-state index in [0.29, 0.717) is 6.42 Å². The van der Waals surface area contributed by atoms with Crippen LogP contribution < -0.4 is 10.0 Å². The lowest BCUT2D eigenvalue weighted by Crippen LogP contribution is -2.44. The van der Waals surface area contributed by atoms with Crippen LogP contribution in [0.5, 0.6) is 0 Å². The molecular weight excluding hydrogens is 361 g/mol. The molecule has 0 aliphatic rings. The zero-order chi connectivity index (χ0) is 19.2. The summed E-state index contributed by atoms with van der Waals surface area (Å²) < 4.78 is 70.9. The molecule has 0 bridgehead atoms. The second-order valence-corrected chi connectivity index (χ2v) is 7.48. The number of carbonyl (C=O) groups is 1. The molecule has 10 heteroatoms. The molecular formula is C15H21F3N2O4S. The third kappa shape index (κ3) is 6.54. The minimum absolute atomic E-state index is 0.122. The predicted octanol–water partition coefficient (Wildman–Crippen LogP) is 2.54. The number of nitrogens with one attached hydrogen (secondary N) is 2. The van der Waals surface area contributed by atoms with Crippen molar-refractivity contribution in [1.29, 1.82) is 0 Å². The topological polar surface area (TPSA) is 84.5 Å². The van der Waals surface area contributed by atoms with Crippen LogP contribution in [0, 0.1) is 23.4 Å². The molecule has 1 amide bonds. The van der Waals surface area contributed by atoms with E-state index in [1.807, 2.05) is 13.8 Å². The zero-order valence-corrected chi connectivity index (χ0v) is 14.9. The molecule has 25 heavy (non-hydrogen) atoms. The molecule has 1 aromatic carbocycles. The Morgan fingerprint density at radius 3 is 2.32 bits per heavy atom. The zero-order valence-electron chi connectivity index (χ0n) is 14.1. The van der Waals surface area contributed by atoms with E-state index in [4.69, 9.17) is 4.74 Å². The van der Waals surface area contributed by atoms with Gasteiger partial charge in [-0.1, -0.05) is 13.8 Å². The number of carbonyl (C=O) groups excluding carboxylic acids is 1. The van der Waals surface area contributed by atoms with Gasteiger partial charge in [-0.2, -0.15) is 0 Å². The van der Waals surface area contributed by atoms with Gasteiger partial charge in [-0.3, -0.25) is 0 Å². The van der Waals surface area contributed by atoms with Gasteiger partial charge < -0.3 is 10.1 Å². The number of benzene rings is 1. The van der Waals surface area contributed by atoms with E-state index in [9.17, 15) is 26.4 Å². The number of amides is 1. The van der Waals surface area contributed by atoms with Crippen LogP contribution in [-0.4, -0.2) is 33.7 Å². The Morgan fingerprint density at radius 1 is 1.16 bits per heavy atom. The Balaban J connectivity index is 2.89. The highest BCUT2D eigenvalue weighted by molar-refractivity contribution is 7.89. The third-order valence-electron chi connectivity index (χ3n) is 3.14. The first-order valence-electron chi connectivity index (χ1n) is 7.64. The molecule has 1 rings (SSSR count). The molecule has 0 aliphatic heterocycles. The van der Waals surface area contributed by atoms with Crippen LogP contribution in [0.3, 0.4) is 0 Å². The van der Waals surface area contributed by atoms with Crippen molar-refractivity contribution >= 4 is 16.1 Å². The Labute approximate surface area is 144 Å². The lowest BCUT2D eigenvalue weighted by molar-refractivity contribution is 0.146. The van der Waals surface area contributed by atoms with Gasteiger partial charge in [0.1, 0.15) is 10.7 Å². The summed E-state index contributed by atoms with van der Waals surface area (Å²) in [5.41, 5.74) is 0. The van der Waals surface area contributed by atoms with Crippen LogP contribution in [0.25, 0.3) is 0 Å². The van der Waals surface area contributed by atoms with Crippen molar-refractivity contribution in [3.05, 3.63) is 29.6 Å². The minimum Gasteiger partial charge on any atom is -0.450 e. The lowest BCUT2D eigenvalue weighted by atomic mass is 10.0. The van der Waals surface area contributed by atoms with E-state index < -0.39 is 44.5 Å². The molecule has 1 aromatic rings. The van der Waals surface area contributed by atoms with Crippen molar-refractivity contribution in [2.45, 2.75) is 38.1 Å². The molecule has 1 atom stereocenters. The number of sulfonamides is 1. The molecule has 0 fully saturated rings. The van der Waals surface area contributed by atoms with E-state index >= 15 is 0 Å². The maximum absolute atomic E-state index is 13.7. The summed E-state index contributed by atoms with van der Waals surface area (Å²) in [7, 11) is -4.43. The number of hydrogen-bond acceptors (Lipinski definition) is 4. The van der Waals surface area contributed by atoms with Gasteiger partial charge in [0.2, 0.25) is 10.0 Å². The van der Waals surface area contributed by atoms with Crippen LogP contribution in [0.2, 0.25) is 0 Å². The van der Waals surface area contributed by atoms with Crippen molar-refractivity contribution in [2.24, 2.45) is 5.92 Å². The fourth-order valence-corrected chi connectivity index (χ4v) is 3.25. The van der Waals surface area contributed by atoms with E-state index in [1.165, 1.54) is 0 Å². The molecule has 142 valence electrons. The number of rotatable bonds is 8. The highest BCUT2D eigenvalue weighted by Crippen LogP contribution is 2.18. The van der Waals surface area contributed by atoms with Gasteiger partial charge in [0.15, 0.2) is 11.6 Å². The lowest BCUT2D eigenvalue weighted by Gasteiger charge is -2.21. The standard InChI is InChI=1S/C15H21F3N2O4S/c1-4-24-15(21)20-10(5-9(2)3)8-19-25(22,23)14-7-12(17)11(16)6-13(14)18/h6-7,9-10,19H,4-5,8H2,1-3H3,(H,20,21). The van der Waals surface area contributed by atoms with Crippen LogP contribution in [0.15, 0.2) is 17.0 Å². The Bertz CT molecular complexity index is 711. The van der Waals surface area contributed by atoms with Crippen molar-refractivity contribution in [3.63, 3.8) is 0 Å². The van der Waals surface area contributed by atoms with Gasteiger partial charge in [0.05, 0.1) is 6.61 Å². The largest absolute Gasteiger partial charge is 0.450 e. The Hall–Kier alpha value is -1.81. The second kappa shape index (κ2) is 9.04. The second-order valence-electron chi connectivity index (χ2n) is 5.74. The third-order valence-corrected chi connectivity index (χ3v) is 4.58. The van der Waals surface area contributed by atoms with Crippen LogP contribution in [0.1, 0.15) is 27.2 Å². The minimum atomic E-state index is -4.43. The first-order valence-corrected chi connectivity index (χ1v) is 9.12. The maximum Gasteiger partial charge on any atom is 0.407 e. The molecule has 0 radical (unpaired) electrons. The van der Waals surface area contributed by atoms with Gasteiger partial charge in [-0.05, 0) is 25.3 Å². The molecule has 0 aromatic heterocycles. The number of halogens is 3. The van der Waals surface area contributed by atoms with Crippen LogP contribution in [0.4, 0.5) is 18.0 Å². The highest BCUT2D eigenvalue weighted by Gasteiger charge is 2.24. The van der Waals surface area contributed by atoms with Gasteiger partial charge in [0, 0.05) is 18.7 Å². The smallest absolute Gasteiger partial charge is 0.407 e. The summed E-state index contributed by atoms with van der Waals surface area (Å²) in [5, 5.41) is 2.49. The SMILES string of the molecule is CCOC(=O)NC(CNS(=O)(=O)c1cc(F)c(F)cc1F)CC(C)C. The number of ether oxygens (including phenoxy) is 1. The van der Waals surface area contributed by atoms with Crippen molar-refractivity contribution in [3.8, 4) is 0 Å². The van der Waals surface area contributed by atoms with Crippen molar-refractivity contribution in [1.82, 2.24) is 10.0 Å². The molecule has 2 N–H and O–H groups in total. The van der Waals surface area contributed by atoms with E-state index in [1.54, 1.807) is 6.92 Å². The van der Waals surface area contributed by atoms with E-state index in [-0.39, 0.29) is 31.2 Å². The fraction of sp³-hybridized carbons (Fsp3) is 0.533. The molecule has 0 saturated carbocycles. The summed E-state index contributed by atoms with van der Waals surface area (Å²) in [5.74, 6) is -4.26. The number of alkyl carbamates (subject to hydrolysis) is 1. The first-order chi connectivity index (χ1) is 11.6. The van der Waals surface area contributed by atoms with Gasteiger partial charge in [-0.25, -0.2) is 31.1 Å². The van der Waals surface area contributed by atoms with Gasteiger partial charge in [0.25, 0.3) is 0 Å². The van der Waals surface area contributed by atoms with E-state index in [0.717, 1.165) is 0 Å². The van der Waals surface area contributed by atoms with Crippen molar-refractivity contribution < 1.29 is 31.1 Å². The molecule has 0 saturated heterocycles. The summed E-state index contributed by atoms with van der Waals surface area (Å²) >= 11 is 0. The number of hydrogen-bond donors (Lipinski definition) is 2. The predicted molar refractivity (Wildman–Crippen MR) is 84.9 cm³/mol. The summed E-state index contributed by atoms with van der Waals surface area (Å²) in [6.45, 7) is 5.22. The Kier molecular flexibility index (Phi) is 7.68. The maximum atomic E-state index is 13.7. The summed E-state index contributed by atoms with van der Waals surface area (Å²) in [4.78, 5) is 10.5.